The van der Waals surface area contributed by atoms with E-state index < -0.39 is 42.1 Å². The molecule has 2 aliphatic rings. The van der Waals surface area contributed by atoms with Crippen molar-refractivity contribution in [2.75, 3.05) is 18.9 Å². The molecule has 30 heavy (non-hydrogen) atoms. The van der Waals surface area contributed by atoms with E-state index in [1.807, 2.05) is 0 Å². The first-order valence-electron chi connectivity index (χ1n) is 8.29. The van der Waals surface area contributed by atoms with Crippen LogP contribution in [-0.4, -0.2) is 68.9 Å². The molecule has 2 saturated heterocycles. The van der Waals surface area contributed by atoms with Gasteiger partial charge >= 0.3 is 35.5 Å². The minimum Gasteiger partial charge on any atom is -0.544 e. The average molecular weight is 450 g/mol. The summed E-state index contributed by atoms with van der Waals surface area (Å²) in [6, 6.07) is -1.29. The number of amides is 2. The van der Waals surface area contributed by atoms with Gasteiger partial charge in [-0.3, -0.25) is 19.2 Å². The quantitative estimate of drug-likeness (QED) is 0.173. The summed E-state index contributed by atoms with van der Waals surface area (Å²) in [7, 11) is 0. The molecule has 3 rings (SSSR count). The first-order valence-corrected chi connectivity index (χ1v) is 9.06. The van der Waals surface area contributed by atoms with Crippen molar-refractivity contribution in [3.8, 4) is 0 Å². The van der Waals surface area contributed by atoms with Crippen LogP contribution in [0.4, 0.5) is 5.13 Å². The van der Waals surface area contributed by atoms with Crippen LogP contribution in [0.15, 0.2) is 5.16 Å². The van der Waals surface area contributed by atoms with Crippen molar-refractivity contribution in [2.24, 2.45) is 5.16 Å². The molecule has 0 radical (unpaired) electrons. The van der Waals surface area contributed by atoms with Crippen LogP contribution in [0, 0.1) is 0 Å². The van der Waals surface area contributed by atoms with Gasteiger partial charge in [0.05, 0.1) is 6.42 Å². The smallest absolute Gasteiger partial charge is 0.544 e. The number of aliphatic carboxylic acids is 1. The summed E-state index contributed by atoms with van der Waals surface area (Å²) in [5.41, 5.74) is 2.78. The first kappa shape index (κ1) is 23.9. The molecule has 1 aromatic heterocycles. The number of rotatable bonds is 7. The number of nitrogens with one attached hydrogen (secondary N) is 1. The summed E-state index contributed by atoms with van der Waals surface area (Å²) in [4.78, 5) is 61.9. The van der Waals surface area contributed by atoms with Gasteiger partial charge in [-0.1, -0.05) is 5.16 Å². The molecule has 14 nitrogen and oxygen atoms in total. The molecule has 0 aliphatic carbocycles. The zero-order valence-corrected chi connectivity index (χ0v) is 18.8. The van der Waals surface area contributed by atoms with Crippen molar-refractivity contribution in [1.82, 2.24) is 19.7 Å². The number of ether oxygens (including phenoxy) is 1. The molecule has 156 valence electrons. The molecule has 2 amide bonds. The molecule has 0 bridgehead atoms. The largest absolute Gasteiger partial charge is 1.00 e. The third-order valence-corrected chi connectivity index (χ3v) is 4.47. The molecule has 2 atom stereocenters. The summed E-state index contributed by atoms with van der Waals surface area (Å²) in [5.74, 6) is -4.58. The second kappa shape index (κ2) is 9.65. The normalized spacial score (nSPS) is 23.7. The molecule has 2 aliphatic heterocycles. The zero-order chi connectivity index (χ0) is 21.2. The van der Waals surface area contributed by atoms with E-state index in [-0.39, 0.29) is 65.7 Å². The number of aromatic nitrogens is 2. The molecule has 1 aromatic rings. The summed E-state index contributed by atoms with van der Waals surface area (Å²) in [5, 5.41) is 18.0. The maximum absolute atomic E-state index is 12.6. The Bertz CT molecular complexity index is 894. The summed E-state index contributed by atoms with van der Waals surface area (Å²) in [6.07, 6.45) is -0.583. The van der Waals surface area contributed by atoms with Gasteiger partial charge in [-0.05, 0) is 6.92 Å². The van der Waals surface area contributed by atoms with E-state index in [9.17, 15) is 24.3 Å². The number of nitrogens with zero attached hydrogens (tertiary/aromatic N) is 4. The van der Waals surface area contributed by atoms with Gasteiger partial charge in [0.25, 0.3) is 17.5 Å². The van der Waals surface area contributed by atoms with Crippen molar-refractivity contribution in [3.05, 3.63) is 5.82 Å². The van der Waals surface area contributed by atoms with Crippen LogP contribution in [0.5, 0.6) is 0 Å². The molecule has 3 N–H and O–H groups in total. The Hall–Kier alpha value is -2.33. The van der Waals surface area contributed by atoms with Crippen LogP contribution in [0.2, 0.25) is 0 Å². The number of nitrogens with two attached hydrogens (primary N) is 1. The van der Waals surface area contributed by atoms with Crippen molar-refractivity contribution in [3.63, 3.8) is 0 Å². The number of carbonyl (C=O) groups is 4. The van der Waals surface area contributed by atoms with Crippen LogP contribution in [-0.2, 0) is 33.6 Å². The molecule has 0 saturated carbocycles. The fourth-order valence-corrected chi connectivity index (χ4v) is 3.05. The number of carbonyl (C=O) groups excluding carboxylic acids is 4. The van der Waals surface area contributed by atoms with E-state index in [0.717, 1.165) is 11.5 Å². The van der Waals surface area contributed by atoms with Crippen LogP contribution in [0.3, 0.4) is 0 Å². The molecule has 3 heterocycles. The molecule has 0 spiro atoms. The van der Waals surface area contributed by atoms with Crippen molar-refractivity contribution in [1.29, 1.82) is 0 Å². The molecule has 1 unspecified atom stereocenters. The Morgan fingerprint density at radius 2 is 2.23 bits per heavy atom. The zero-order valence-electron chi connectivity index (χ0n) is 15.9. The van der Waals surface area contributed by atoms with Crippen LogP contribution < -0.4 is 45.7 Å². The molecule has 2 fully saturated rings. The predicted molar refractivity (Wildman–Crippen MR) is 90.3 cm³/mol. The predicted octanol–water partition coefficient (Wildman–Crippen LogP) is -6.09. The number of hydrogen-bond donors (Lipinski definition) is 2. The topological polar surface area (TPSA) is 198 Å². The van der Waals surface area contributed by atoms with Gasteiger partial charge in [-0.25, -0.2) is 0 Å². The van der Waals surface area contributed by atoms with E-state index in [4.69, 9.17) is 20.1 Å². The van der Waals surface area contributed by atoms with Crippen molar-refractivity contribution >= 4 is 46.1 Å². The van der Waals surface area contributed by atoms with Crippen molar-refractivity contribution in [2.45, 2.75) is 31.5 Å². The number of oxime groups is 1. The minimum absolute atomic E-state index is 0. The third-order valence-electron chi connectivity index (χ3n) is 3.93. The van der Waals surface area contributed by atoms with E-state index >= 15 is 0 Å². The summed E-state index contributed by atoms with van der Waals surface area (Å²) in [6.45, 7) is 1.37. The van der Waals surface area contributed by atoms with E-state index in [2.05, 4.69) is 19.8 Å². The van der Waals surface area contributed by atoms with Gasteiger partial charge in [-0.15, -0.1) is 0 Å². The second-order valence-corrected chi connectivity index (χ2v) is 6.60. The standard InChI is InChI=1S/C14H16N6O8S.Na/c1-2-26-18-8(9-17-13(15)29-19-9)10(22)16-6-5-27-20(11(6)23)14(12(24)25)4-3-7(21)28-14;/h6H,2-5H2,1H3,(H,16,22)(H,24,25)(H2,15,17,19);/q;+1/p-1/b18-8-;/t6-,14?;/m0./s1. The average Bonchev–Trinajstić information content (AvgIpc) is 3.36. The number of esters is 1. The Balaban J connectivity index is 0.00000320. The number of cyclic esters (lactones) is 1. The van der Waals surface area contributed by atoms with Crippen LogP contribution >= 0.6 is 11.5 Å². The van der Waals surface area contributed by atoms with Crippen LogP contribution in [0.1, 0.15) is 25.6 Å². The van der Waals surface area contributed by atoms with Gasteiger partial charge in [0, 0.05) is 18.0 Å². The summed E-state index contributed by atoms with van der Waals surface area (Å²) >= 11 is 0.827. The third kappa shape index (κ3) is 4.54. The molecule has 0 aromatic carbocycles. The van der Waals surface area contributed by atoms with Gasteiger partial charge in [-0.2, -0.15) is 14.4 Å². The molecule has 16 heteroatoms. The van der Waals surface area contributed by atoms with E-state index in [1.54, 1.807) is 6.92 Å². The van der Waals surface area contributed by atoms with Crippen molar-refractivity contribution < 1.29 is 68.3 Å². The maximum Gasteiger partial charge on any atom is 1.00 e. The van der Waals surface area contributed by atoms with E-state index in [0.29, 0.717) is 5.06 Å². The van der Waals surface area contributed by atoms with Gasteiger partial charge in [0.2, 0.25) is 11.5 Å². The SMILES string of the molecule is CCO/N=C(\C(=O)N[C@H]1CON(C2(C(=O)[O-])CCC(=O)O2)C1=O)c1nsc(N)n1.[Na+]. The summed E-state index contributed by atoms with van der Waals surface area (Å²) < 4.78 is 8.65. The van der Waals surface area contributed by atoms with Gasteiger partial charge in [0.1, 0.15) is 25.2 Å². The number of hydroxylamine groups is 2. The molecular formula is C14H15N6NaO8S. The second-order valence-electron chi connectivity index (χ2n) is 5.81. The Labute approximate surface area is 195 Å². The Morgan fingerprint density at radius 1 is 1.50 bits per heavy atom. The number of carboxylic acids is 1. The van der Waals surface area contributed by atoms with Crippen LogP contribution in [0.25, 0.3) is 0 Å². The number of nitrogen functional groups attached to an aromatic ring is 1. The Kier molecular flexibility index (Phi) is 7.70. The van der Waals surface area contributed by atoms with E-state index in [1.165, 1.54) is 0 Å². The maximum atomic E-state index is 12.6. The fourth-order valence-electron chi connectivity index (χ4n) is 2.61. The fraction of sp³-hybridized carbons (Fsp3) is 0.500. The number of hydrogen-bond acceptors (Lipinski definition) is 13. The molecular weight excluding hydrogens is 435 g/mol. The van der Waals surface area contributed by atoms with Gasteiger partial charge < -0.3 is 30.5 Å². The number of carboxylic acid groups (broad SMARTS) is 1. The van der Waals surface area contributed by atoms with Gasteiger partial charge in [0.15, 0.2) is 5.13 Å². The monoisotopic (exact) mass is 450 g/mol. The first-order chi connectivity index (χ1) is 13.8. The number of anilines is 1. The Morgan fingerprint density at radius 3 is 2.77 bits per heavy atom. The minimum atomic E-state index is -2.39.